The van der Waals surface area contributed by atoms with Crippen LogP contribution in [0.4, 0.5) is 0 Å². The first-order valence-corrected chi connectivity index (χ1v) is 8.43. The summed E-state index contributed by atoms with van der Waals surface area (Å²) < 4.78 is 0. The second-order valence-electron chi connectivity index (χ2n) is 2.35. The molecule has 1 unspecified atom stereocenters. The van der Waals surface area contributed by atoms with Gasteiger partial charge in [-0.1, -0.05) is 19.8 Å². The van der Waals surface area contributed by atoms with Crippen molar-refractivity contribution in [3.05, 3.63) is 0 Å². The molecular weight excluding hydrogens is 237 g/mol. The second kappa shape index (κ2) is 17.4. The molecule has 0 radical (unpaired) electrons. The summed E-state index contributed by atoms with van der Waals surface area (Å²) in [5, 5.41) is 0. The van der Waals surface area contributed by atoms with Crippen LogP contribution in [0.5, 0.6) is 0 Å². The fraction of sp³-hybridized carbons (Fsp3) is 1.00. The Bertz CT molecular complexity index is 65.1. The van der Waals surface area contributed by atoms with E-state index in [1.807, 2.05) is 0 Å². The number of hydrogen-bond acceptors (Lipinski definition) is 0. The normalized spacial score (nSPS) is 9.00. The van der Waals surface area contributed by atoms with Crippen LogP contribution in [0.3, 0.4) is 0 Å². The average Bonchev–Trinajstić information content (AvgIpc) is 2.04. The summed E-state index contributed by atoms with van der Waals surface area (Å²) in [6.07, 6.45) is 7.96. The molecule has 1 atom stereocenters. The molecule has 0 saturated carbocycles. The summed E-state index contributed by atoms with van der Waals surface area (Å²) in [6.45, 7) is 5.83. The van der Waals surface area contributed by atoms with Crippen LogP contribution in [0, 0.1) is 0 Å². The van der Waals surface area contributed by atoms with Crippen LogP contribution in [0.15, 0.2) is 0 Å². The summed E-state index contributed by atoms with van der Waals surface area (Å²) in [7, 11) is 2.70. The summed E-state index contributed by atoms with van der Waals surface area (Å²) in [5.74, 6) is 0. The van der Waals surface area contributed by atoms with E-state index in [4.69, 9.17) is 0 Å². The maximum atomic E-state index is 2.95. The molecule has 0 aromatic heterocycles. The average molecular weight is 257 g/mol. The van der Waals surface area contributed by atoms with E-state index in [1.54, 1.807) is 0 Å². The second-order valence-corrected chi connectivity index (χ2v) is 5.26. The van der Waals surface area contributed by atoms with Gasteiger partial charge in [0.25, 0.3) is 0 Å². The minimum atomic E-state index is 1.26. The first-order chi connectivity index (χ1) is 5.33. The zero-order chi connectivity index (χ0) is 8.95. The van der Waals surface area contributed by atoms with Crippen LogP contribution in [0.2, 0.25) is 0 Å². The maximum absolute atomic E-state index is 2.95. The fourth-order valence-corrected chi connectivity index (χ4v) is 2.09. The molecule has 0 bridgehead atoms. The Balaban J connectivity index is 0. The van der Waals surface area contributed by atoms with Crippen molar-refractivity contribution in [2.75, 3.05) is 12.3 Å². The first kappa shape index (κ1) is 14.8. The molecule has 0 rings (SSSR count). The molecule has 0 aliphatic carbocycles. The van der Waals surface area contributed by atoms with E-state index >= 15 is 0 Å². The zero-order valence-corrected chi connectivity index (χ0v) is 11.4. The van der Waals surface area contributed by atoms with Gasteiger partial charge in [-0.25, -0.2) is 0 Å². The van der Waals surface area contributed by atoms with Gasteiger partial charge in [0.15, 0.2) is 0 Å². The fourth-order valence-electron chi connectivity index (χ4n) is 0.427. The van der Waals surface area contributed by atoms with E-state index in [-0.39, 0.29) is 0 Å². The van der Waals surface area contributed by atoms with Gasteiger partial charge in [0.2, 0.25) is 0 Å². The molecule has 0 spiro atoms. The molecule has 0 N–H and O–H groups in total. The van der Waals surface area contributed by atoms with E-state index < -0.39 is 0 Å². The summed E-state index contributed by atoms with van der Waals surface area (Å²) in [4.78, 5) is 0. The Morgan fingerprint density at radius 2 is 1.73 bits per heavy atom. The van der Waals surface area contributed by atoms with Gasteiger partial charge < -0.3 is 0 Å². The van der Waals surface area contributed by atoms with Crippen molar-refractivity contribution in [3.8, 4) is 0 Å². The summed E-state index contributed by atoms with van der Waals surface area (Å²) >= 11 is 2.95. The van der Waals surface area contributed by atoms with Gasteiger partial charge >= 0.3 is 47.9 Å². The van der Waals surface area contributed by atoms with Gasteiger partial charge in [-0.2, -0.15) is 0 Å². The molecule has 3 heteroatoms. The Morgan fingerprint density at radius 3 is 1.82 bits per heavy atom. The molecule has 0 saturated heterocycles. The third-order valence-corrected chi connectivity index (χ3v) is 3.22. The molecule has 0 aromatic rings. The van der Waals surface area contributed by atoms with Crippen molar-refractivity contribution in [2.45, 2.75) is 39.5 Å². The van der Waals surface area contributed by atoms with Crippen LogP contribution in [0.1, 0.15) is 39.5 Å². The van der Waals surface area contributed by atoms with Gasteiger partial charge in [-0.05, 0) is 6.16 Å². The predicted octanol–water partition coefficient (Wildman–Crippen LogP) is 3.48. The van der Waals surface area contributed by atoms with Crippen molar-refractivity contribution in [1.82, 2.24) is 0 Å². The van der Waals surface area contributed by atoms with Gasteiger partial charge in [0.05, 0.1) is 0 Å². The van der Waals surface area contributed by atoms with Crippen molar-refractivity contribution in [3.63, 3.8) is 0 Å². The van der Waals surface area contributed by atoms with Crippen LogP contribution in [-0.2, 0) is 0 Å². The summed E-state index contributed by atoms with van der Waals surface area (Å²) in [5.41, 5.74) is 0. The summed E-state index contributed by atoms with van der Waals surface area (Å²) in [6, 6.07) is 0. The standard InChI is InChI=1S/C4H9PSe.C4H11P/c1-2-3-4-5-6;1-2-3-4-5/h2-4H2,1H3;2-5H2,1H3. The van der Waals surface area contributed by atoms with Gasteiger partial charge in [-0.3, -0.25) is 0 Å². The Morgan fingerprint density at radius 1 is 1.18 bits per heavy atom. The predicted molar refractivity (Wildman–Crippen MR) is 61.9 cm³/mol. The molecule has 0 aliphatic heterocycles. The molecule has 0 aliphatic rings. The molecule has 0 nitrogen and oxygen atoms in total. The monoisotopic (exact) mass is 258 g/mol. The van der Waals surface area contributed by atoms with Crippen molar-refractivity contribution in [2.24, 2.45) is 0 Å². The van der Waals surface area contributed by atoms with Gasteiger partial charge in [-0.15, -0.1) is 9.24 Å². The van der Waals surface area contributed by atoms with Gasteiger partial charge in [0.1, 0.15) is 0 Å². The van der Waals surface area contributed by atoms with E-state index in [9.17, 15) is 0 Å². The Labute approximate surface area is 83.2 Å². The molecular formula is C8H20P2Se. The topological polar surface area (TPSA) is 0 Å². The quantitative estimate of drug-likeness (QED) is 0.402. The molecule has 0 heterocycles. The van der Waals surface area contributed by atoms with Crippen molar-refractivity contribution < 1.29 is 0 Å². The number of hydrogen-bond donors (Lipinski definition) is 0. The minimum absolute atomic E-state index is 1.26. The molecule has 0 amide bonds. The molecule has 68 valence electrons. The van der Waals surface area contributed by atoms with Crippen molar-refractivity contribution >= 4 is 31.2 Å². The van der Waals surface area contributed by atoms with Crippen LogP contribution in [0.25, 0.3) is 0 Å². The van der Waals surface area contributed by atoms with E-state index in [0.717, 1.165) is 0 Å². The van der Waals surface area contributed by atoms with Crippen LogP contribution >= 0.6 is 16.1 Å². The third kappa shape index (κ3) is 24.6. The Hall–Kier alpha value is 1.25. The van der Waals surface area contributed by atoms with E-state index in [2.05, 4.69) is 38.2 Å². The molecule has 0 aromatic carbocycles. The van der Waals surface area contributed by atoms with Crippen LogP contribution < -0.4 is 0 Å². The number of unbranched alkanes of at least 4 members (excludes halogenated alkanes) is 2. The zero-order valence-electron chi connectivity index (χ0n) is 7.68. The van der Waals surface area contributed by atoms with E-state index in [1.165, 1.54) is 44.8 Å². The van der Waals surface area contributed by atoms with E-state index in [0.29, 0.717) is 0 Å². The molecule has 0 fully saturated rings. The van der Waals surface area contributed by atoms with Crippen molar-refractivity contribution in [1.29, 1.82) is 0 Å². The number of rotatable bonds is 5. The Kier molecular flexibility index (Phi) is 23.3. The van der Waals surface area contributed by atoms with Gasteiger partial charge in [0, 0.05) is 0 Å². The van der Waals surface area contributed by atoms with Crippen LogP contribution in [-0.4, -0.2) is 27.4 Å². The molecule has 11 heavy (non-hydrogen) atoms. The third-order valence-electron chi connectivity index (χ3n) is 1.16. The first-order valence-electron chi connectivity index (χ1n) is 4.32. The SMILES string of the molecule is CCCCP.CCCCP=[Se].